The van der Waals surface area contributed by atoms with Gasteiger partial charge in [0.2, 0.25) is 5.91 Å². The van der Waals surface area contributed by atoms with Gasteiger partial charge in [-0.3, -0.25) is 4.79 Å². The first-order valence-electron chi connectivity index (χ1n) is 10.5. The molecule has 0 saturated heterocycles. The summed E-state index contributed by atoms with van der Waals surface area (Å²) in [6.45, 7) is 0.370. The number of aromatic nitrogens is 2. The van der Waals surface area contributed by atoms with E-state index in [4.69, 9.17) is 21.1 Å². The number of carbonyl (C=O) groups is 1. The fourth-order valence-electron chi connectivity index (χ4n) is 3.35. The highest BCUT2D eigenvalue weighted by molar-refractivity contribution is 6.31. The fraction of sp³-hybridized carbons (Fsp3) is 0.115. The lowest BCUT2D eigenvalue weighted by Gasteiger charge is -2.12. The van der Waals surface area contributed by atoms with Gasteiger partial charge in [0.1, 0.15) is 12.1 Å². The summed E-state index contributed by atoms with van der Waals surface area (Å²) in [5.41, 5.74) is 3.33. The van der Waals surface area contributed by atoms with Gasteiger partial charge >= 0.3 is 0 Å². The molecule has 0 bridgehead atoms. The molecule has 0 aliphatic rings. The molecule has 0 unspecified atom stereocenters. The number of nitrogens with zero attached hydrogens (tertiary/aromatic N) is 2. The van der Waals surface area contributed by atoms with E-state index in [1.54, 1.807) is 26.4 Å². The molecule has 4 aromatic rings. The maximum atomic E-state index is 12.1. The second kappa shape index (κ2) is 10.7. The van der Waals surface area contributed by atoms with Crippen LogP contribution in [-0.4, -0.2) is 30.1 Å². The Morgan fingerprint density at radius 1 is 1.00 bits per heavy atom. The molecule has 172 valence electrons. The van der Waals surface area contributed by atoms with E-state index >= 15 is 0 Å². The molecule has 2 N–H and O–H groups in total. The van der Waals surface area contributed by atoms with E-state index in [0.717, 1.165) is 27.7 Å². The molecule has 0 saturated carbocycles. The maximum Gasteiger partial charge on any atom is 0.244 e. The SMILES string of the molecule is COc1cc2ncnc(Nc3ccc(C=CC(=O)NCc4ccccc4Cl)cc3)c2cc1OC. The number of nitrogens with one attached hydrogen (secondary N) is 2. The summed E-state index contributed by atoms with van der Waals surface area (Å²) in [7, 11) is 3.17. The largest absolute Gasteiger partial charge is 0.493 e. The van der Waals surface area contributed by atoms with Crippen molar-refractivity contribution in [3.63, 3.8) is 0 Å². The van der Waals surface area contributed by atoms with Gasteiger partial charge < -0.3 is 20.1 Å². The molecule has 4 rings (SSSR count). The zero-order valence-electron chi connectivity index (χ0n) is 18.7. The molecule has 1 amide bonds. The molecule has 3 aromatic carbocycles. The number of rotatable bonds is 8. The van der Waals surface area contributed by atoms with Crippen molar-refractivity contribution in [1.29, 1.82) is 0 Å². The first-order valence-corrected chi connectivity index (χ1v) is 10.9. The Balaban J connectivity index is 1.42. The average molecular weight is 475 g/mol. The van der Waals surface area contributed by atoms with Crippen LogP contribution in [0.4, 0.5) is 11.5 Å². The summed E-state index contributed by atoms with van der Waals surface area (Å²) in [5.74, 6) is 1.65. The van der Waals surface area contributed by atoms with E-state index in [0.29, 0.717) is 28.9 Å². The molecule has 0 atom stereocenters. The van der Waals surface area contributed by atoms with E-state index in [-0.39, 0.29) is 5.91 Å². The van der Waals surface area contributed by atoms with E-state index in [1.165, 1.54) is 12.4 Å². The van der Waals surface area contributed by atoms with Crippen LogP contribution in [-0.2, 0) is 11.3 Å². The lowest BCUT2D eigenvalue weighted by atomic mass is 10.1. The van der Waals surface area contributed by atoms with Crippen LogP contribution in [0.1, 0.15) is 11.1 Å². The summed E-state index contributed by atoms with van der Waals surface area (Å²) < 4.78 is 10.8. The van der Waals surface area contributed by atoms with Gasteiger partial charge in [0, 0.05) is 34.8 Å². The van der Waals surface area contributed by atoms with Crippen molar-refractivity contribution in [1.82, 2.24) is 15.3 Å². The maximum absolute atomic E-state index is 12.1. The third kappa shape index (κ3) is 5.44. The fourth-order valence-corrected chi connectivity index (χ4v) is 3.55. The molecular formula is C26H23ClN4O3. The Kier molecular flexibility index (Phi) is 7.25. The number of ether oxygens (including phenoxy) is 2. The summed E-state index contributed by atoms with van der Waals surface area (Å²) in [6, 6.07) is 18.7. The third-order valence-electron chi connectivity index (χ3n) is 5.15. The van der Waals surface area contributed by atoms with Crippen LogP contribution >= 0.6 is 11.6 Å². The predicted octanol–water partition coefficient (Wildman–Crippen LogP) is 5.37. The Labute approximate surface area is 202 Å². The van der Waals surface area contributed by atoms with Crippen molar-refractivity contribution in [3.05, 3.63) is 89.2 Å². The van der Waals surface area contributed by atoms with Gasteiger partial charge in [-0.1, -0.05) is 41.9 Å². The predicted molar refractivity (Wildman–Crippen MR) is 135 cm³/mol. The lowest BCUT2D eigenvalue weighted by Crippen LogP contribution is -2.20. The molecule has 0 aliphatic heterocycles. The van der Waals surface area contributed by atoms with E-state index in [9.17, 15) is 4.79 Å². The van der Waals surface area contributed by atoms with Crippen molar-refractivity contribution >= 4 is 46.0 Å². The number of benzene rings is 3. The van der Waals surface area contributed by atoms with Crippen LogP contribution in [0.5, 0.6) is 11.5 Å². The van der Waals surface area contributed by atoms with E-state index < -0.39 is 0 Å². The summed E-state index contributed by atoms with van der Waals surface area (Å²) >= 11 is 6.12. The van der Waals surface area contributed by atoms with Gasteiger partial charge in [0.25, 0.3) is 0 Å². The number of halogens is 1. The summed E-state index contributed by atoms with van der Waals surface area (Å²) in [6.07, 6.45) is 4.74. The van der Waals surface area contributed by atoms with Crippen molar-refractivity contribution in [2.24, 2.45) is 0 Å². The van der Waals surface area contributed by atoms with Gasteiger partial charge in [0.15, 0.2) is 11.5 Å². The number of fused-ring (bicyclic) bond motifs is 1. The van der Waals surface area contributed by atoms with Gasteiger partial charge in [-0.05, 0) is 41.5 Å². The second-order valence-corrected chi connectivity index (χ2v) is 7.74. The minimum atomic E-state index is -0.195. The number of hydrogen-bond donors (Lipinski definition) is 2. The molecule has 1 heterocycles. The normalized spacial score (nSPS) is 10.9. The van der Waals surface area contributed by atoms with Gasteiger partial charge in [-0.15, -0.1) is 0 Å². The molecular weight excluding hydrogens is 452 g/mol. The van der Waals surface area contributed by atoms with E-state index in [2.05, 4.69) is 20.6 Å². The summed E-state index contributed by atoms with van der Waals surface area (Å²) in [5, 5.41) is 7.57. The zero-order valence-corrected chi connectivity index (χ0v) is 19.5. The molecule has 34 heavy (non-hydrogen) atoms. The number of hydrogen-bond acceptors (Lipinski definition) is 6. The summed E-state index contributed by atoms with van der Waals surface area (Å²) in [4.78, 5) is 20.8. The number of methoxy groups -OCH3 is 2. The van der Waals surface area contributed by atoms with Crippen molar-refractivity contribution in [3.8, 4) is 11.5 Å². The van der Waals surface area contributed by atoms with E-state index in [1.807, 2.05) is 54.6 Å². The number of anilines is 2. The zero-order chi connectivity index (χ0) is 23.9. The van der Waals surface area contributed by atoms with Gasteiger partial charge in [-0.25, -0.2) is 9.97 Å². The first kappa shape index (κ1) is 23.1. The number of amides is 1. The monoisotopic (exact) mass is 474 g/mol. The minimum absolute atomic E-state index is 0.195. The van der Waals surface area contributed by atoms with Crippen LogP contribution in [0, 0.1) is 0 Å². The lowest BCUT2D eigenvalue weighted by molar-refractivity contribution is -0.116. The van der Waals surface area contributed by atoms with Crippen molar-refractivity contribution < 1.29 is 14.3 Å². The third-order valence-corrected chi connectivity index (χ3v) is 5.52. The number of carbonyl (C=O) groups excluding carboxylic acids is 1. The molecule has 7 nitrogen and oxygen atoms in total. The average Bonchev–Trinajstić information content (AvgIpc) is 2.87. The highest BCUT2D eigenvalue weighted by Gasteiger charge is 2.11. The molecule has 1 aromatic heterocycles. The van der Waals surface area contributed by atoms with Crippen LogP contribution in [0.15, 0.2) is 73.1 Å². The molecule has 0 fully saturated rings. The van der Waals surface area contributed by atoms with Gasteiger partial charge in [0.05, 0.1) is 19.7 Å². The minimum Gasteiger partial charge on any atom is -0.493 e. The van der Waals surface area contributed by atoms with Gasteiger partial charge in [-0.2, -0.15) is 0 Å². The topological polar surface area (TPSA) is 85.4 Å². The van der Waals surface area contributed by atoms with Crippen molar-refractivity contribution in [2.75, 3.05) is 19.5 Å². The smallest absolute Gasteiger partial charge is 0.244 e. The van der Waals surface area contributed by atoms with Crippen LogP contribution in [0.3, 0.4) is 0 Å². The van der Waals surface area contributed by atoms with Crippen LogP contribution < -0.4 is 20.1 Å². The quantitative estimate of drug-likeness (QED) is 0.334. The highest BCUT2D eigenvalue weighted by Crippen LogP contribution is 2.34. The Bertz CT molecular complexity index is 1340. The molecule has 0 aliphatic carbocycles. The Hall–Kier alpha value is -4.10. The van der Waals surface area contributed by atoms with Crippen LogP contribution in [0.25, 0.3) is 17.0 Å². The molecule has 0 spiro atoms. The highest BCUT2D eigenvalue weighted by atomic mass is 35.5. The first-order chi connectivity index (χ1) is 16.6. The van der Waals surface area contributed by atoms with Crippen LogP contribution in [0.2, 0.25) is 5.02 Å². The second-order valence-electron chi connectivity index (χ2n) is 7.34. The van der Waals surface area contributed by atoms with Crippen molar-refractivity contribution in [2.45, 2.75) is 6.54 Å². The molecule has 8 heteroatoms. The molecule has 0 radical (unpaired) electrons. The Morgan fingerprint density at radius 3 is 2.47 bits per heavy atom. The Morgan fingerprint density at radius 2 is 1.74 bits per heavy atom. The standard InChI is InChI=1S/C26H23ClN4O3/c1-33-23-13-20-22(14-24(23)34-2)29-16-30-26(20)31-19-10-7-17(8-11-19)9-12-25(32)28-15-18-5-3-4-6-21(18)27/h3-14,16H,15H2,1-2H3,(H,28,32)(H,29,30,31).